The summed E-state index contributed by atoms with van der Waals surface area (Å²) in [5, 5.41) is 2.80. The zero-order chi connectivity index (χ0) is 16.2. The van der Waals surface area contributed by atoms with Crippen molar-refractivity contribution in [2.75, 3.05) is 5.32 Å². The Morgan fingerprint density at radius 1 is 1.00 bits per heavy atom. The molecule has 3 rings (SSSR count). The van der Waals surface area contributed by atoms with Crippen LogP contribution in [0.3, 0.4) is 0 Å². The topological polar surface area (TPSA) is 74.8 Å². The lowest BCUT2D eigenvalue weighted by atomic mass is 10.0. The van der Waals surface area contributed by atoms with E-state index in [1.54, 1.807) is 48.8 Å². The van der Waals surface area contributed by atoms with Crippen molar-refractivity contribution in [1.29, 1.82) is 0 Å². The van der Waals surface area contributed by atoms with Crippen LogP contribution in [-0.2, 0) is 0 Å². The normalized spacial score (nSPS) is 10.3. The number of H-pyrrole nitrogens is 1. The Bertz CT molecular complexity index is 837. The fourth-order valence-corrected chi connectivity index (χ4v) is 2.32. The molecule has 1 heterocycles. The van der Waals surface area contributed by atoms with Gasteiger partial charge in [-0.1, -0.05) is 18.2 Å². The minimum absolute atomic E-state index is 0.135. The van der Waals surface area contributed by atoms with Crippen LogP contribution < -0.4 is 5.32 Å². The van der Waals surface area contributed by atoms with E-state index in [0.717, 1.165) is 11.4 Å². The van der Waals surface area contributed by atoms with E-state index in [9.17, 15) is 9.59 Å². The van der Waals surface area contributed by atoms with Crippen LogP contribution in [0.1, 0.15) is 27.6 Å². The van der Waals surface area contributed by atoms with E-state index in [1.165, 1.54) is 6.92 Å². The minimum Gasteiger partial charge on any atom is -0.345 e. The van der Waals surface area contributed by atoms with Gasteiger partial charge in [0.2, 0.25) is 0 Å². The number of rotatable bonds is 4. The molecule has 1 amide bonds. The number of benzene rings is 2. The first-order valence-corrected chi connectivity index (χ1v) is 7.16. The average molecular weight is 305 g/mol. The van der Waals surface area contributed by atoms with Gasteiger partial charge in [-0.3, -0.25) is 9.59 Å². The van der Waals surface area contributed by atoms with Crippen molar-refractivity contribution in [3.63, 3.8) is 0 Å². The molecule has 0 saturated carbocycles. The smallest absolute Gasteiger partial charge is 0.256 e. The van der Waals surface area contributed by atoms with Crippen molar-refractivity contribution in [2.45, 2.75) is 6.92 Å². The molecule has 0 bridgehead atoms. The molecule has 0 fully saturated rings. The second-order valence-corrected chi connectivity index (χ2v) is 5.07. The Morgan fingerprint density at radius 2 is 1.70 bits per heavy atom. The molecular weight excluding hydrogens is 290 g/mol. The van der Waals surface area contributed by atoms with Gasteiger partial charge in [0, 0.05) is 29.2 Å². The van der Waals surface area contributed by atoms with Gasteiger partial charge >= 0.3 is 0 Å². The molecule has 0 spiro atoms. The lowest BCUT2D eigenvalue weighted by Crippen LogP contribution is -2.15. The highest BCUT2D eigenvalue weighted by Gasteiger charge is 2.13. The molecule has 2 aromatic carbocycles. The Hall–Kier alpha value is -3.21. The summed E-state index contributed by atoms with van der Waals surface area (Å²) in [5.41, 5.74) is 2.37. The van der Waals surface area contributed by atoms with Crippen molar-refractivity contribution >= 4 is 17.4 Å². The third kappa shape index (κ3) is 3.18. The van der Waals surface area contributed by atoms with E-state index < -0.39 is 0 Å². The van der Waals surface area contributed by atoms with Crippen molar-refractivity contribution < 1.29 is 9.59 Å². The Morgan fingerprint density at radius 3 is 2.30 bits per heavy atom. The third-order valence-electron chi connectivity index (χ3n) is 3.47. The molecule has 2 N–H and O–H groups in total. The van der Waals surface area contributed by atoms with Gasteiger partial charge in [-0.05, 0) is 37.3 Å². The maximum absolute atomic E-state index is 12.4. The number of ketones is 1. The summed E-state index contributed by atoms with van der Waals surface area (Å²) in [6, 6.07) is 14.1. The van der Waals surface area contributed by atoms with Gasteiger partial charge in [0.05, 0.1) is 5.56 Å². The largest absolute Gasteiger partial charge is 0.345 e. The van der Waals surface area contributed by atoms with Crippen molar-refractivity contribution in [2.24, 2.45) is 0 Å². The summed E-state index contributed by atoms with van der Waals surface area (Å²) in [7, 11) is 0. The summed E-state index contributed by atoms with van der Waals surface area (Å²) >= 11 is 0. The zero-order valence-electron chi connectivity index (χ0n) is 12.5. The predicted molar refractivity (Wildman–Crippen MR) is 88.4 cm³/mol. The maximum Gasteiger partial charge on any atom is 0.256 e. The Kier molecular flexibility index (Phi) is 4.01. The van der Waals surface area contributed by atoms with E-state index in [-0.39, 0.29) is 11.7 Å². The number of hydrogen-bond donors (Lipinski definition) is 2. The van der Waals surface area contributed by atoms with E-state index in [1.807, 2.05) is 12.1 Å². The van der Waals surface area contributed by atoms with Crippen LogP contribution in [0.4, 0.5) is 5.69 Å². The van der Waals surface area contributed by atoms with Crippen LogP contribution in [0.5, 0.6) is 0 Å². The van der Waals surface area contributed by atoms with Crippen LogP contribution in [0.15, 0.2) is 60.9 Å². The van der Waals surface area contributed by atoms with Crippen molar-refractivity contribution in [1.82, 2.24) is 9.97 Å². The highest BCUT2D eigenvalue weighted by atomic mass is 16.2. The molecule has 0 saturated heterocycles. The molecule has 5 nitrogen and oxygen atoms in total. The minimum atomic E-state index is -0.304. The van der Waals surface area contributed by atoms with Crippen LogP contribution in [0, 0.1) is 0 Å². The lowest BCUT2D eigenvalue weighted by Gasteiger charge is -2.08. The first-order chi connectivity index (χ1) is 11.1. The first kappa shape index (κ1) is 14.7. The quantitative estimate of drug-likeness (QED) is 0.724. The molecule has 0 radical (unpaired) electrons. The van der Waals surface area contributed by atoms with E-state index in [2.05, 4.69) is 15.3 Å². The Labute approximate surface area is 133 Å². The van der Waals surface area contributed by atoms with E-state index >= 15 is 0 Å². The molecule has 0 aliphatic rings. The van der Waals surface area contributed by atoms with Crippen molar-refractivity contribution in [3.05, 3.63) is 72.1 Å². The molecule has 0 aliphatic carbocycles. The van der Waals surface area contributed by atoms with Gasteiger partial charge in [-0.25, -0.2) is 4.98 Å². The molecule has 114 valence electrons. The molecule has 3 aromatic rings. The number of nitrogens with zero attached hydrogens (tertiary/aromatic N) is 1. The number of aromatic amines is 1. The number of hydrogen-bond acceptors (Lipinski definition) is 3. The summed E-state index contributed by atoms with van der Waals surface area (Å²) in [5.74, 6) is 0.329. The van der Waals surface area contributed by atoms with Gasteiger partial charge < -0.3 is 10.3 Å². The summed E-state index contributed by atoms with van der Waals surface area (Å²) in [6.07, 6.45) is 3.44. The lowest BCUT2D eigenvalue weighted by molar-refractivity contribution is 0.0985. The fraction of sp³-hybridized carbons (Fsp3) is 0.0556. The van der Waals surface area contributed by atoms with Gasteiger partial charge in [0.15, 0.2) is 5.78 Å². The van der Waals surface area contributed by atoms with Crippen molar-refractivity contribution in [3.8, 4) is 11.4 Å². The number of imidazole rings is 1. The summed E-state index contributed by atoms with van der Waals surface area (Å²) < 4.78 is 0. The second-order valence-electron chi connectivity index (χ2n) is 5.07. The maximum atomic E-state index is 12.4. The molecule has 5 heteroatoms. The zero-order valence-corrected chi connectivity index (χ0v) is 12.5. The number of amides is 1. The number of carbonyl (C=O) groups excluding carboxylic acids is 2. The predicted octanol–water partition coefficient (Wildman–Crippen LogP) is 3.53. The van der Waals surface area contributed by atoms with Gasteiger partial charge in [-0.2, -0.15) is 0 Å². The van der Waals surface area contributed by atoms with Crippen LogP contribution >= 0.6 is 0 Å². The van der Waals surface area contributed by atoms with Crippen LogP contribution in [0.2, 0.25) is 0 Å². The first-order valence-electron chi connectivity index (χ1n) is 7.16. The SMILES string of the molecule is CC(=O)c1ccccc1C(=O)Nc1ccc(-c2ncc[nH]2)cc1. The second kappa shape index (κ2) is 6.27. The van der Waals surface area contributed by atoms with Crippen LogP contribution in [-0.4, -0.2) is 21.7 Å². The Balaban J connectivity index is 1.80. The average Bonchev–Trinajstić information content (AvgIpc) is 3.10. The standard InChI is InChI=1S/C18H15N3O2/c1-12(22)15-4-2-3-5-16(15)18(23)21-14-8-6-13(7-9-14)17-19-10-11-20-17/h2-11H,1H3,(H,19,20)(H,21,23). The molecule has 23 heavy (non-hydrogen) atoms. The number of carbonyl (C=O) groups is 2. The molecular formula is C18H15N3O2. The molecule has 0 atom stereocenters. The number of nitrogens with one attached hydrogen (secondary N) is 2. The highest BCUT2D eigenvalue weighted by molar-refractivity contribution is 6.12. The fourth-order valence-electron chi connectivity index (χ4n) is 2.32. The summed E-state index contributed by atoms with van der Waals surface area (Å²) in [4.78, 5) is 31.2. The number of Topliss-reactive ketones (excluding diaryl/α,β-unsaturated/α-hetero) is 1. The number of aromatic nitrogens is 2. The van der Waals surface area contributed by atoms with Gasteiger partial charge in [0.25, 0.3) is 5.91 Å². The van der Waals surface area contributed by atoms with E-state index in [4.69, 9.17) is 0 Å². The van der Waals surface area contributed by atoms with Gasteiger partial charge in [-0.15, -0.1) is 0 Å². The molecule has 0 unspecified atom stereocenters. The monoisotopic (exact) mass is 305 g/mol. The van der Waals surface area contributed by atoms with Gasteiger partial charge in [0.1, 0.15) is 5.82 Å². The number of anilines is 1. The third-order valence-corrected chi connectivity index (χ3v) is 3.47. The molecule has 1 aromatic heterocycles. The highest BCUT2D eigenvalue weighted by Crippen LogP contribution is 2.19. The molecule has 0 aliphatic heterocycles. The van der Waals surface area contributed by atoms with E-state index in [0.29, 0.717) is 16.8 Å². The summed E-state index contributed by atoms with van der Waals surface area (Å²) in [6.45, 7) is 1.45. The van der Waals surface area contributed by atoms with Crippen LogP contribution in [0.25, 0.3) is 11.4 Å².